The summed E-state index contributed by atoms with van der Waals surface area (Å²) in [6.07, 6.45) is 1.64. The highest BCUT2D eigenvalue weighted by Gasteiger charge is 2.31. The van der Waals surface area contributed by atoms with Gasteiger partial charge in [0.1, 0.15) is 5.54 Å². The molecule has 2 aromatic rings. The van der Waals surface area contributed by atoms with Gasteiger partial charge in [0.05, 0.1) is 18.2 Å². The lowest BCUT2D eigenvalue weighted by atomic mass is 10.1. The van der Waals surface area contributed by atoms with E-state index in [0.29, 0.717) is 10.9 Å². The SMILES string of the molecule is COCC(C)(C#N)NC(=O)C(Oc1nc2ccccc2cc1F)SC. The van der Waals surface area contributed by atoms with Gasteiger partial charge < -0.3 is 14.8 Å². The normalized spacial score (nSPS) is 14.4. The minimum Gasteiger partial charge on any atom is -0.451 e. The predicted octanol–water partition coefficient (Wildman–Crippen LogP) is 2.49. The molecule has 0 radical (unpaired) electrons. The van der Waals surface area contributed by atoms with Gasteiger partial charge in [0, 0.05) is 12.5 Å². The maximum absolute atomic E-state index is 14.2. The Morgan fingerprint density at radius 2 is 2.24 bits per heavy atom. The number of hydrogen-bond donors (Lipinski definition) is 1. The Bertz CT molecular complexity index is 811. The van der Waals surface area contributed by atoms with Crippen LogP contribution in [-0.4, -0.2) is 41.8 Å². The minimum absolute atomic E-state index is 0.0128. The molecule has 0 spiro atoms. The summed E-state index contributed by atoms with van der Waals surface area (Å²) in [6, 6.07) is 10.3. The first-order chi connectivity index (χ1) is 11.9. The molecule has 1 N–H and O–H groups in total. The maximum atomic E-state index is 14.2. The van der Waals surface area contributed by atoms with E-state index in [1.54, 1.807) is 30.5 Å². The Kier molecular flexibility index (Phi) is 6.17. The smallest absolute Gasteiger partial charge is 0.273 e. The number of carbonyl (C=O) groups is 1. The number of carbonyl (C=O) groups excluding carboxylic acids is 1. The van der Waals surface area contributed by atoms with Gasteiger partial charge in [-0.15, -0.1) is 11.8 Å². The van der Waals surface area contributed by atoms with Gasteiger partial charge in [-0.2, -0.15) is 5.26 Å². The van der Waals surface area contributed by atoms with Crippen LogP contribution in [0.4, 0.5) is 4.39 Å². The molecule has 2 rings (SSSR count). The van der Waals surface area contributed by atoms with Crippen molar-refractivity contribution >= 4 is 28.6 Å². The van der Waals surface area contributed by atoms with Crippen LogP contribution < -0.4 is 10.1 Å². The first kappa shape index (κ1) is 19.0. The molecular weight excluding hydrogens is 345 g/mol. The van der Waals surface area contributed by atoms with Gasteiger partial charge in [0.15, 0.2) is 5.82 Å². The van der Waals surface area contributed by atoms with Crippen LogP contribution in [-0.2, 0) is 9.53 Å². The van der Waals surface area contributed by atoms with Gasteiger partial charge >= 0.3 is 0 Å². The molecule has 1 aromatic heterocycles. The Hall–Kier alpha value is -2.37. The molecule has 0 aliphatic heterocycles. The molecule has 25 heavy (non-hydrogen) atoms. The van der Waals surface area contributed by atoms with E-state index in [1.807, 2.05) is 6.07 Å². The van der Waals surface area contributed by atoms with Gasteiger partial charge in [-0.1, -0.05) is 18.2 Å². The number of halogens is 1. The summed E-state index contributed by atoms with van der Waals surface area (Å²) in [4.78, 5) is 16.5. The molecule has 0 saturated carbocycles. The van der Waals surface area contributed by atoms with Crippen LogP contribution in [0.1, 0.15) is 6.92 Å². The van der Waals surface area contributed by atoms with Gasteiger partial charge in [0.25, 0.3) is 11.8 Å². The summed E-state index contributed by atoms with van der Waals surface area (Å²) in [5.74, 6) is -1.49. The number of nitriles is 1. The average molecular weight is 363 g/mol. The zero-order valence-electron chi connectivity index (χ0n) is 14.1. The summed E-state index contributed by atoms with van der Waals surface area (Å²) in [6.45, 7) is 1.54. The molecular formula is C17H18FN3O3S. The summed E-state index contributed by atoms with van der Waals surface area (Å²) in [5.41, 5.74) is -1.72. The number of benzene rings is 1. The number of aromatic nitrogens is 1. The summed E-state index contributed by atoms with van der Waals surface area (Å²) in [7, 11) is 1.43. The molecule has 0 aliphatic rings. The highest BCUT2D eigenvalue weighted by atomic mass is 32.2. The zero-order chi connectivity index (χ0) is 18.4. The summed E-state index contributed by atoms with van der Waals surface area (Å²) >= 11 is 1.07. The molecule has 1 aromatic carbocycles. The van der Waals surface area contributed by atoms with Crippen molar-refractivity contribution in [2.24, 2.45) is 0 Å². The number of hydrogen-bond acceptors (Lipinski definition) is 6. The van der Waals surface area contributed by atoms with E-state index in [9.17, 15) is 14.4 Å². The fraction of sp³-hybridized carbons (Fsp3) is 0.353. The first-order valence-electron chi connectivity index (χ1n) is 7.39. The third-order valence-corrected chi connectivity index (χ3v) is 4.11. The van der Waals surface area contributed by atoms with Crippen LogP contribution in [0.25, 0.3) is 10.9 Å². The molecule has 6 nitrogen and oxygen atoms in total. The molecule has 0 bridgehead atoms. The highest BCUT2D eigenvalue weighted by Crippen LogP contribution is 2.23. The fourth-order valence-corrected chi connectivity index (χ4v) is 2.64. The van der Waals surface area contributed by atoms with Crippen molar-refractivity contribution in [3.63, 3.8) is 0 Å². The molecule has 1 heterocycles. The third kappa shape index (κ3) is 4.59. The number of amides is 1. The number of thioether (sulfide) groups is 1. The van der Waals surface area contributed by atoms with Crippen LogP contribution in [0.15, 0.2) is 30.3 Å². The van der Waals surface area contributed by atoms with Crippen molar-refractivity contribution < 1.29 is 18.7 Å². The monoisotopic (exact) mass is 363 g/mol. The number of fused-ring (bicyclic) bond motifs is 1. The zero-order valence-corrected chi connectivity index (χ0v) is 14.9. The van der Waals surface area contributed by atoms with Crippen LogP contribution in [0.2, 0.25) is 0 Å². The van der Waals surface area contributed by atoms with Crippen molar-refractivity contribution in [3.8, 4) is 11.9 Å². The average Bonchev–Trinajstić information content (AvgIpc) is 2.59. The van der Waals surface area contributed by atoms with Crippen molar-refractivity contribution in [2.45, 2.75) is 17.9 Å². The maximum Gasteiger partial charge on any atom is 0.273 e. The Morgan fingerprint density at radius 1 is 1.52 bits per heavy atom. The lowest BCUT2D eigenvalue weighted by molar-refractivity contribution is -0.126. The van der Waals surface area contributed by atoms with E-state index in [-0.39, 0.29) is 12.5 Å². The number of methoxy groups -OCH3 is 1. The lowest BCUT2D eigenvalue weighted by Crippen LogP contribution is -2.52. The predicted molar refractivity (Wildman–Crippen MR) is 93.7 cm³/mol. The first-order valence-corrected chi connectivity index (χ1v) is 8.68. The Balaban J connectivity index is 2.20. The minimum atomic E-state index is -1.21. The van der Waals surface area contributed by atoms with Gasteiger partial charge in [-0.05, 0) is 25.3 Å². The number of nitrogens with zero attached hydrogens (tertiary/aromatic N) is 2. The number of rotatable bonds is 7. The number of pyridine rings is 1. The van der Waals surface area contributed by atoms with Crippen molar-refractivity contribution in [2.75, 3.05) is 20.0 Å². The number of para-hydroxylation sites is 1. The van der Waals surface area contributed by atoms with Crippen molar-refractivity contribution in [1.29, 1.82) is 5.26 Å². The topological polar surface area (TPSA) is 84.2 Å². The van der Waals surface area contributed by atoms with Crippen LogP contribution >= 0.6 is 11.8 Å². The Morgan fingerprint density at radius 3 is 2.88 bits per heavy atom. The van der Waals surface area contributed by atoms with E-state index >= 15 is 0 Å². The third-order valence-electron chi connectivity index (χ3n) is 3.37. The van der Waals surface area contributed by atoms with E-state index in [2.05, 4.69) is 10.3 Å². The summed E-state index contributed by atoms with van der Waals surface area (Å²) in [5, 5.41) is 12.4. The highest BCUT2D eigenvalue weighted by molar-refractivity contribution is 7.99. The largest absolute Gasteiger partial charge is 0.451 e. The molecule has 2 atom stereocenters. The van der Waals surface area contributed by atoms with Crippen molar-refractivity contribution in [3.05, 3.63) is 36.1 Å². The van der Waals surface area contributed by atoms with E-state index in [4.69, 9.17) is 9.47 Å². The van der Waals surface area contributed by atoms with Gasteiger partial charge in [-0.25, -0.2) is 9.37 Å². The standard InChI is InChI=1S/C17H18FN3O3S/c1-17(9-19,10-23-2)21-14(22)16(25-3)24-15-12(18)8-11-6-4-5-7-13(11)20-15/h4-8,16H,10H2,1-3H3,(H,21,22). The number of nitrogens with one attached hydrogen (secondary N) is 1. The lowest BCUT2D eigenvalue weighted by Gasteiger charge is -2.25. The van der Waals surface area contributed by atoms with Gasteiger partial charge in [0.2, 0.25) is 5.44 Å². The van der Waals surface area contributed by atoms with E-state index in [0.717, 1.165) is 11.8 Å². The van der Waals surface area contributed by atoms with E-state index in [1.165, 1.54) is 20.1 Å². The number of ether oxygens (including phenoxy) is 2. The molecule has 0 aliphatic carbocycles. The summed E-state index contributed by atoms with van der Waals surface area (Å²) < 4.78 is 24.6. The van der Waals surface area contributed by atoms with Crippen LogP contribution in [0.3, 0.4) is 0 Å². The fourth-order valence-electron chi connectivity index (χ4n) is 2.18. The van der Waals surface area contributed by atoms with Gasteiger partial charge in [-0.3, -0.25) is 4.79 Å². The molecule has 2 unspecified atom stereocenters. The molecule has 132 valence electrons. The molecule has 0 saturated heterocycles. The second kappa shape index (κ2) is 8.14. The second-order valence-electron chi connectivity index (χ2n) is 5.52. The van der Waals surface area contributed by atoms with Crippen LogP contribution in [0.5, 0.6) is 5.88 Å². The molecule has 1 amide bonds. The quantitative estimate of drug-likeness (QED) is 0.761. The molecule has 8 heteroatoms. The second-order valence-corrected chi connectivity index (χ2v) is 6.42. The van der Waals surface area contributed by atoms with Crippen molar-refractivity contribution in [1.82, 2.24) is 10.3 Å². The molecule has 0 fully saturated rings. The van der Waals surface area contributed by atoms with E-state index < -0.39 is 22.7 Å². The Labute approximate surface area is 149 Å². The van der Waals surface area contributed by atoms with Crippen LogP contribution in [0, 0.1) is 17.1 Å².